The van der Waals surface area contributed by atoms with Gasteiger partial charge < -0.3 is 4.42 Å². The molecule has 0 aliphatic carbocycles. The number of hydrazone groups is 1. The Balaban J connectivity index is 1.68. The molecule has 0 bridgehead atoms. The predicted octanol–water partition coefficient (Wildman–Crippen LogP) is 3.62. The third kappa shape index (κ3) is 3.97. The molecule has 0 spiro atoms. The Hall–Kier alpha value is -3.74. The fourth-order valence-corrected chi connectivity index (χ4v) is 2.16. The third-order valence-corrected chi connectivity index (χ3v) is 3.36. The van der Waals surface area contributed by atoms with Crippen molar-refractivity contribution < 1.29 is 14.1 Å². The zero-order valence-corrected chi connectivity index (χ0v) is 13.0. The number of benzene rings is 2. The lowest BCUT2D eigenvalue weighted by atomic mass is 10.1. The molecule has 7 heteroatoms. The number of carbonyl (C=O) groups is 1. The van der Waals surface area contributed by atoms with Crippen LogP contribution in [0.25, 0.3) is 11.3 Å². The standard InChI is InChI=1S/C18H13N3O4/c22-18(13-5-2-1-3-6-13)20-19-12-16-9-10-17(25-16)14-7-4-8-15(11-14)21(23)24/h1-12H,(H,20,22)/b19-12-. The second-order valence-corrected chi connectivity index (χ2v) is 5.07. The summed E-state index contributed by atoms with van der Waals surface area (Å²) in [4.78, 5) is 22.2. The quantitative estimate of drug-likeness (QED) is 0.437. The molecule has 0 aliphatic heterocycles. The van der Waals surface area contributed by atoms with E-state index in [1.807, 2.05) is 6.07 Å². The summed E-state index contributed by atoms with van der Waals surface area (Å²) in [5.41, 5.74) is 3.47. The highest BCUT2D eigenvalue weighted by molar-refractivity contribution is 5.94. The van der Waals surface area contributed by atoms with Crippen molar-refractivity contribution in [3.63, 3.8) is 0 Å². The fourth-order valence-electron chi connectivity index (χ4n) is 2.16. The monoisotopic (exact) mass is 335 g/mol. The van der Waals surface area contributed by atoms with Gasteiger partial charge >= 0.3 is 0 Å². The molecule has 3 aromatic rings. The number of nitrogens with zero attached hydrogens (tertiary/aromatic N) is 2. The van der Waals surface area contributed by atoms with E-state index < -0.39 is 4.92 Å². The molecule has 1 aromatic heterocycles. The van der Waals surface area contributed by atoms with Crippen LogP contribution < -0.4 is 5.43 Å². The summed E-state index contributed by atoms with van der Waals surface area (Å²) in [5.74, 6) is 0.553. The molecular weight excluding hydrogens is 322 g/mol. The zero-order chi connectivity index (χ0) is 17.6. The predicted molar refractivity (Wildman–Crippen MR) is 92.3 cm³/mol. The maximum atomic E-state index is 11.8. The van der Waals surface area contributed by atoms with Crippen LogP contribution in [0, 0.1) is 10.1 Å². The van der Waals surface area contributed by atoms with Gasteiger partial charge in [0.1, 0.15) is 11.5 Å². The molecule has 0 radical (unpaired) electrons. The highest BCUT2D eigenvalue weighted by atomic mass is 16.6. The summed E-state index contributed by atoms with van der Waals surface area (Å²) in [6.45, 7) is 0. The van der Waals surface area contributed by atoms with Crippen LogP contribution in [0.2, 0.25) is 0 Å². The molecule has 0 atom stereocenters. The molecule has 1 heterocycles. The molecule has 7 nitrogen and oxygen atoms in total. The van der Waals surface area contributed by atoms with Gasteiger partial charge in [0.25, 0.3) is 11.6 Å². The van der Waals surface area contributed by atoms with Gasteiger partial charge in [-0.15, -0.1) is 0 Å². The lowest BCUT2D eigenvalue weighted by Gasteiger charge is -1.98. The average Bonchev–Trinajstić information content (AvgIpc) is 3.11. The molecule has 0 aliphatic rings. The van der Waals surface area contributed by atoms with Gasteiger partial charge in [-0.1, -0.05) is 30.3 Å². The number of nitro benzene ring substituents is 1. The van der Waals surface area contributed by atoms with E-state index in [0.29, 0.717) is 22.6 Å². The first-order chi connectivity index (χ1) is 12.1. The van der Waals surface area contributed by atoms with Crippen LogP contribution in [0.1, 0.15) is 16.1 Å². The van der Waals surface area contributed by atoms with Gasteiger partial charge in [0.15, 0.2) is 0 Å². The Bertz CT molecular complexity index is 932. The summed E-state index contributed by atoms with van der Waals surface area (Å²) in [5, 5.41) is 14.7. The normalized spacial score (nSPS) is 10.7. The number of nitro groups is 1. The summed E-state index contributed by atoms with van der Waals surface area (Å²) < 4.78 is 5.57. The fraction of sp³-hybridized carbons (Fsp3) is 0. The van der Waals surface area contributed by atoms with Crippen LogP contribution in [0.5, 0.6) is 0 Å². The Labute approximate surface area is 142 Å². The van der Waals surface area contributed by atoms with Crippen LogP contribution in [0.3, 0.4) is 0 Å². The molecule has 0 saturated carbocycles. The first-order valence-corrected chi connectivity index (χ1v) is 7.36. The van der Waals surface area contributed by atoms with E-state index in [-0.39, 0.29) is 11.6 Å². The van der Waals surface area contributed by atoms with Crippen molar-refractivity contribution >= 4 is 17.8 Å². The van der Waals surface area contributed by atoms with Crippen LogP contribution in [-0.2, 0) is 0 Å². The highest BCUT2D eigenvalue weighted by Crippen LogP contribution is 2.25. The molecule has 1 amide bonds. The molecule has 0 unspecified atom stereocenters. The van der Waals surface area contributed by atoms with Crippen molar-refractivity contribution in [3.05, 3.63) is 88.2 Å². The van der Waals surface area contributed by atoms with Gasteiger partial charge in [-0.2, -0.15) is 5.10 Å². The van der Waals surface area contributed by atoms with Crippen molar-refractivity contribution in [2.75, 3.05) is 0 Å². The zero-order valence-electron chi connectivity index (χ0n) is 13.0. The van der Waals surface area contributed by atoms with Crippen LogP contribution >= 0.6 is 0 Å². The van der Waals surface area contributed by atoms with Crippen LogP contribution in [0.15, 0.2) is 76.2 Å². The van der Waals surface area contributed by atoms with E-state index in [9.17, 15) is 14.9 Å². The van der Waals surface area contributed by atoms with E-state index in [1.165, 1.54) is 18.3 Å². The van der Waals surface area contributed by atoms with Crippen molar-refractivity contribution in [2.24, 2.45) is 5.10 Å². The van der Waals surface area contributed by atoms with Gasteiger partial charge in [-0.3, -0.25) is 14.9 Å². The number of hydrogen-bond donors (Lipinski definition) is 1. The summed E-state index contributed by atoms with van der Waals surface area (Å²) in [6, 6.07) is 18.2. The number of amides is 1. The van der Waals surface area contributed by atoms with Crippen molar-refractivity contribution in [2.45, 2.75) is 0 Å². The molecule has 124 valence electrons. The Morgan fingerprint density at radius 2 is 1.88 bits per heavy atom. The van der Waals surface area contributed by atoms with E-state index in [1.54, 1.807) is 48.5 Å². The first-order valence-electron chi connectivity index (χ1n) is 7.36. The summed E-state index contributed by atoms with van der Waals surface area (Å²) >= 11 is 0. The Morgan fingerprint density at radius 3 is 2.64 bits per heavy atom. The molecule has 1 N–H and O–H groups in total. The van der Waals surface area contributed by atoms with Gasteiger partial charge in [-0.25, -0.2) is 5.43 Å². The second-order valence-electron chi connectivity index (χ2n) is 5.07. The topological polar surface area (TPSA) is 97.7 Å². The van der Waals surface area contributed by atoms with Gasteiger partial charge in [0.05, 0.1) is 11.1 Å². The van der Waals surface area contributed by atoms with E-state index in [4.69, 9.17) is 4.42 Å². The maximum Gasteiger partial charge on any atom is 0.271 e. The molecular formula is C18H13N3O4. The number of hydrogen-bond acceptors (Lipinski definition) is 5. The summed E-state index contributed by atoms with van der Waals surface area (Å²) in [6.07, 6.45) is 1.36. The highest BCUT2D eigenvalue weighted by Gasteiger charge is 2.10. The van der Waals surface area contributed by atoms with E-state index in [2.05, 4.69) is 10.5 Å². The average molecular weight is 335 g/mol. The third-order valence-electron chi connectivity index (χ3n) is 3.36. The number of furan rings is 1. The molecule has 2 aromatic carbocycles. The summed E-state index contributed by atoms with van der Waals surface area (Å²) in [7, 11) is 0. The molecule has 0 fully saturated rings. The number of rotatable bonds is 5. The largest absolute Gasteiger partial charge is 0.455 e. The van der Waals surface area contributed by atoms with Gasteiger partial charge in [0, 0.05) is 23.3 Å². The first kappa shape index (κ1) is 16.1. The maximum absolute atomic E-state index is 11.8. The van der Waals surface area contributed by atoms with Crippen molar-refractivity contribution in [3.8, 4) is 11.3 Å². The smallest absolute Gasteiger partial charge is 0.271 e. The Morgan fingerprint density at radius 1 is 1.08 bits per heavy atom. The minimum absolute atomic E-state index is 0.0146. The van der Waals surface area contributed by atoms with E-state index in [0.717, 1.165) is 0 Å². The van der Waals surface area contributed by atoms with Crippen LogP contribution in [-0.4, -0.2) is 17.0 Å². The molecule has 3 rings (SSSR count). The minimum atomic E-state index is -0.464. The number of carbonyl (C=O) groups excluding carboxylic acids is 1. The minimum Gasteiger partial charge on any atom is -0.455 e. The second kappa shape index (κ2) is 7.22. The van der Waals surface area contributed by atoms with Crippen LogP contribution in [0.4, 0.5) is 5.69 Å². The van der Waals surface area contributed by atoms with Crippen molar-refractivity contribution in [1.29, 1.82) is 0 Å². The molecule has 25 heavy (non-hydrogen) atoms. The van der Waals surface area contributed by atoms with Gasteiger partial charge in [0.2, 0.25) is 0 Å². The number of nitrogens with one attached hydrogen (secondary N) is 1. The number of non-ortho nitro benzene ring substituents is 1. The SMILES string of the molecule is O=C(N/N=C\c1ccc(-c2cccc([N+](=O)[O-])c2)o1)c1ccccc1. The van der Waals surface area contributed by atoms with E-state index >= 15 is 0 Å². The van der Waals surface area contributed by atoms with Crippen molar-refractivity contribution in [1.82, 2.24) is 5.43 Å². The van der Waals surface area contributed by atoms with Gasteiger partial charge in [-0.05, 0) is 24.3 Å². The lowest BCUT2D eigenvalue weighted by Crippen LogP contribution is -2.17. The lowest BCUT2D eigenvalue weighted by molar-refractivity contribution is -0.384. The Kier molecular flexibility index (Phi) is 4.66. The molecule has 0 saturated heterocycles.